The number of hydrogen-bond acceptors (Lipinski definition) is 4. The smallest absolute Gasteiger partial charge is 0.231 e. The van der Waals surface area contributed by atoms with Crippen molar-refractivity contribution in [2.45, 2.75) is 12.8 Å². The van der Waals surface area contributed by atoms with Crippen molar-refractivity contribution in [2.24, 2.45) is 4.99 Å². The summed E-state index contributed by atoms with van der Waals surface area (Å²) in [6, 6.07) is 5.84. The molecule has 0 atom stereocenters. The predicted octanol–water partition coefficient (Wildman–Crippen LogP) is 2.44. The Morgan fingerprint density at radius 3 is 2.88 bits per heavy atom. The third-order valence-electron chi connectivity index (χ3n) is 2.54. The molecule has 1 aromatic carbocycles. The lowest BCUT2D eigenvalue weighted by Gasteiger charge is -2.06. The van der Waals surface area contributed by atoms with Crippen LogP contribution >= 0.6 is 12.4 Å². The first kappa shape index (κ1) is 11.1. The number of aliphatic imine (C=N–C) groups is 1. The molecule has 86 valence electrons. The summed E-state index contributed by atoms with van der Waals surface area (Å²) < 4.78 is 10.5. The van der Waals surface area contributed by atoms with Crippen molar-refractivity contribution in [3.63, 3.8) is 0 Å². The van der Waals surface area contributed by atoms with Gasteiger partial charge in [0.15, 0.2) is 11.5 Å². The minimum absolute atomic E-state index is 0. The van der Waals surface area contributed by atoms with Gasteiger partial charge in [0, 0.05) is 24.7 Å². The Labute approximate surface area is 100 Å². The van der Waals surface area contributed by atoms with Crippen LogP contribution in [0.1, 0.15) is 12.8 Å². The summed E-state index contributed by atoms with van der Waals surface area (Å²) in [5, 5.41) is 3.28. The standard InChI is InChI=1S/C11H12N2O2.ClH/c1-2-11(12-5-1)13-8-3-4-9-10(6-8)15-7-14-9;/h3-4,6H,1-2,5,7H2,(H,12,13);1H. The molecule has 16 heavy (non-hydrogen) atoms. The highest BCUT2D eigenvalue weighted by molar-refractivity contribution is 5.96. The molecule has 0 fully saturated rings. The van der Waals surface area contributed by atoms with Crippen LogP contribution in [-0.2, 0) is 0 Å². The molecule has 2 heterocycles. The molecule has 0 aliphatic carbocycles. The van der Waals surface area contributed by atoms with Crippen LogP contribution in [0, 0.1) is 0 Å². The summed E-state index contributed by atoms with van der Waals surface area (Å²) in [5.41, 5.74) is 1.01. The lowest BCUT2D eigenvalue weighted by molar-refractivity contribution is 0.174. The third-order valence-corrected chi connectivity index (χ3v) is 2.54. The number of nitrogens with zero attached hydrogens (tertiary/aromatic N) is 1. The number of anilines is 1. The Hall–Kier alpha value is -1.42. The highest BCUT2D eigenvalue weighted by Crippen LogP contribution is 2.34. The summed E-state index contributed by atoms with van der Waals surface area (Å²) in [7, 11) is 0. The summed E-state index contributed by atoms with van der Waals surface area (Å²) in [6.45, 7) is 1.26. The summed E-state index contributed by atoms with van der Waals surface area (Å²) in [6.07, 6.45) is 2.18. The molecule has 2 aliphatic heterocycles. The van der Waals surface area contributed by atoms with E-state index < -0.39 is 0 Å². The molecule has 4 nitrogen and oxygen atoms in total. The summed E-state index contributed by atoms with van der Waals surface area (Å²) in [5.74, 6) is 2.68. The summed E-state index contributed by atoms with van der Waals surface area (Å²) >= 11 is 0. The topological polar surface area (TPSA) is 42.9 Å². The van der Waals surface area contributed by atoms with Crippen molar-refractivity contribution in [1.82, 2.24) is 0 Å². The third kappa shape index (κ3) is 2.07. The van der Waals surface area contributed by atoms with Crippen molar-refractivity contribution in [3.8, 4) is 11.5 Å². The number of fused-ring (bicyclic) bond motifs is 1. The lowest BCUT2D eigenvalue weighted by atomic mass is 10.2. The molecule has 5 heteroatoms. The normalized spacial score (nSPS) is 16.6. The molecule has 0 radical (unpaired) electrons. The van der Waals surface area contributed by atoms with E-state index in [-0.39, 0.29) is 12.4 Å². The molecule has 0 saturated carbocycles. The Balaban J connectivity index is 0.000000963. The monoisotopic (exact) mass is 240 g/mol. The van der Waals surface area contributed by atoms with Gasteiger partial charge >= 0.3 is 0 Å². The number of amidine groups is 1. The van der Waals surface area contributed by atoms with Gasteiger partial charge in [-0.2, -0.15) is 0 Å². The fraction of sp³-hybridized carbons (Fsp3) is 0.364. The van der Waals surface area contributed by atoms with Gasteiger partial charge < -0.3 is 14.8 Å². The maximum Gasteiger partial charge on any atom is 0.231 e. The van der Waals surface area contributed by atoms with E-state index in [1.165, 1.54) is 0 Å². The van der Waals surface area contributed by atoms with E-state index in [0.29, 0.717) is 6.79 Å². The summed E-state index contributed by atoms with van der Waals surface area (Å²) in [4.78, 5) is 4.36. The van der Waals surface area contributed by atoms with E-state index in [4.69, 9.17) is 9.47 Å². The SMILES string of the molecule is Cl.c1cc2c(cc1NC1=NCCC1)OCO2. The van der Waals surface area contributed by atoms with Crippen LogP contribution in [0.3, 0.4) is 0 Å². The largest absolute Gasteiger partial charge is 0.454 e. The Kier molecular flexibility index (Phi) is 3.19. The first-order chi connectivity index (χ1) is 7.42. The van der Waals surface area contributed by atoms with Gasteiger partial charge in [0.1, 0.15) is 5.84 Å². The van der Waals surface area contributed by atoms with Crippen LogP contribution in [-0.4, -0.2) is 19.2 Å². The van der Waals surface area contributed by atoms with Gasteiger partial charge in [-0.25, -0.2) is 0 Å². The molecule has 1 N–H and O–H groups in total. The lowest BCUT2D eigenvalue weighted by Crippen LogP contribution is -2.07. The van der Waals surface area contributed by atoms with Gasteiger partial charge in [0.2, 0.25) is 6.79 Å². The minimum atomic E-state index is 0. The number of nitrogens with one attached hydrogen (secondary N) is 1. The van der Waals surface area contributed by atoms with Gasteiger partial charge in [-0.05, 0) is 18.6 Å². The van der Waals surface area contributed by atoms with Crippen LogP contribution in [0.15, 0.2) is 23.2 Å². The average Bonchev–Trinajstić information content (AvgIpc) is 2.87. The second kappa shape index (κ2) is 4.61. The first-order valence-electron chi connectivity index (χ1n) is 5.12. The highest BCUT2D eigenvalue weighted by Gasteiger charge is 2.14. The van der Waals surface area contributed by atoms with E-state index in [0.717, 1.165) is 42.4 Å². The molecule has 0 saturated heterocycles. The zero-order chi connectivity index (χ0) is 10.1. The highest BCUT2D eigenvalue weighted by atomic mass is 35.5. The molecule has 0 bridgehead atoms. The molecule has 0 spiro atoms. The minimum Gasteiger partial charge on any atom is -0.454 e. The second-order valence-electron chi connectivity index (χ2n) is 3.63. The van der Waals surface area contributed by atoms with Crippen LogP contribution < -0.4 is 14.8 Å². The number of halogens is 1. The Morgan fingerprint density at radius 2 is 2.06 bits per heavy atom. The van der Waals surface area contributed by atoms with E-state index in [1.54, 1.807) is 0 Å². The maximum absolute atomic E-state index is 5.30. The quantitative estimate of drug-likeness (QED) is 0.820. The van der Waals surface area contributed by atoms with Crippen LogP contribution in [0.5, 0.6) is 11.5 Å². The van der Waals surface area contributed by atoms with Gasteiger partial charge in [0.05, 0.1) is 0 Å². The van der Waals surface area contributed by atoms with Crippen molar-refractivity contribution in [3.05, 3.63) is 18.2 Å². The van der Waals surface area contributed by atoms with Crippen molar-refractivity contribution in [1.29, 1.82) is 0 Å². The number of ether oxygens (including phenoxy) is 2. The number of rotatable bonds is 1. The Bertz CT molecular complexity index is 420. The van der Waals surface area contributed by atoms with Gasteiger partial charge in [-0.3, -0.25) is 4.99 Å². The molecular formula is C11H13ClN2O2. The van der Waals surface area contributed by atoms with Crippen LogP contribution in [0.4, 0.5) is 5.69 Å². The van der Waals surface area contributed by atoms with Crippen LogP contribution in [0.25, 0.3) is 0 Å². The van der Waals surface area contributed by atoms with Gasteiger partial charge in [-0.15, -0.1) is 12.4 Å². The average molecular weight is 241 g/mol. The molecule has 2 aliphatic rings. The second-order valence-corrected chi connectivity index (χ2v) is 3.63. The fourth-order valence-corrected chi connectivity index (χ4v) is 1.78. The zero-order valence-electron chi connectivity index (χ0n) is 8.73. The molecule has 3 rings (SSSR count). The van der Waals surface area contributed by atoms with E-state index in [1.807, 2.05) is 18.2 Å². The van der Waals surface area contributed by atoms with Gasteiger partial charge in [0.25, 0.3) is 0 Å². The molecule has 0 aromatic heterocycles. The van der Waals surface area contributed by atoms with Crippen molar-refractivity contribution in [2.75, 3.05) is 18.7 Å². The van der Waals surface area contributed by atoms with Gasteiger partial charge in [-0.1, -0.05) is 0 Å². The van der Waals surface area contributed by atoms with Crippen molar-refractivity contribution < 1.29 is 9.47 Å². The number of hydrogen-bond donors (Lipinski definition) is 1. The first-order valence-corrected chi connectivity index (χ1v) is 5.12. The molecular weight excluding hydrogens is 228 g/mol. The fourth-order valence-electron chi connectivity index (χ4n) is 1.78. The molecule has 1 aromatic rings. The molecule has 0 amide bonds. The maximum atomic E-state index is 5.30. The van der Waals surface area contributed by atoms with Crippen LogP contribution in [0.2, 0.25) is 0 Å². The Morgan fingerprint density at radius 1 is 1.19 bits per heavy atom. The van der Waals surface area contributed by atoms with E-state index in [9.17, 15) is 0 Å². The van der Waals surface area contributed by atoms with E-state index in [2.05, 4.69) is 10.3 Å². The zero-order valence-corrected chi connectivity index (χ0v) is 9.55. The van der Waals surface area contributed by atoms with E-state index >= 15 is 0 Å². The van der Waals surface area contributed by atoms with Crippen molar-refractivity contribution >= 4 is 23.9 Å². The predicted molar refractivity (Wildman–Crippen MR) is 65.0 cm³/mol. The number of benzene rings is 1. The molecule has 0 unspecified atom stereocenters.